The average molecular weight is 278 g/mol. The van der Waals surface area contributed by atoms with Crippen molar-refractivity contribution in [2.45, 2.75) is 38.8 Å². The highest BCUT2D eigenvalue weighted by atomic mass is 16.5. The number of carbonyl (C=O) groups excluding carboxylic acids is 1. The van der Waals surface area contributed by atoms with Gasteiger partial charge in [0.1, 0.15) is 5.54 Å². The Morgan fingerprint density at radius 1 is 1.30 bits per heavy atom. The molecule has 4 nitrogen and oxygen atoms in total. The summed E-state index contributed by atoms with van der Waals surface area (Å²) in [5.74, 6) is 0.0660. The fraction of sp³-hybridized carbons (Fsp3) is 0.562. The highest BCUT2D eigenvalue weighted by Crippen LogP contribution is 2.25. The van der Waals surface area contributed by atoms with Gasteiger partial charge in [0.15, 0.2) is 0 Å². The van der Waals surface area contributed by atoms with Crippen LogP contribution >= 0.6 is 0 Å². The lowest BCUT2D eigenvalue weighted by molar-refractivity contribution is -0.125. The Morgan fingerprint density at radius 3 is 2.35 bits per heavy atom. The maximum absolute atomic E-state index is 12.0. The number of carbonyl (C=O) groups is 1. The van der Waals surface area contributed by atoms with Crippen LogP contribution in [0.5, 0.6) is 0 Å². The second-order valence-corrected chi connectivity index (χ2v) is 5.46. The lowest BCUT2D eigenvalue weighted by Gasteiger charge is -2.31. The Hall–Kier alpha value is -1.39. The molecule has 2 unspecified atom stereocenters. The van der Waals surface area contributed by atoms with Crippen molar-refractivity contribution in [2.75, 3.05) is 13.7 Å². The third kappa shape index (κ3) is 3.81. The molecule has 0 aliphatic heterocycles. The van der Waals surface area contributed by atoms with E-state index in [0.717, 1.165) is 5.56 Å². The maximum Gasteiger partial charge on any atom is 0.242 e. The summed E-state index contributed by atoms with van der Waals surface area (Å²) in [5.41, 5.74) is 5.63. The van der Waals surface area contributed by atoms with Gasteiger partial charge >= 0.3 is 0 Å². The number of nitrogens with one attached hydrogen (secondary N) is 1. The molecule has 0 heterocycles. The highest BCUT2D eigenvalue weighted by molar-refractivity contribution is 5.86. The lowest BCUT2D eigenvalue weighted by atomic mass is 9.86. The van der Waals surface area contributed by atoms with Crippen LogP contribution in [0.4, 0.5) is 0 Å². The van der Waals surface area contributed by atoms with Crippen molar-refractivity contribution in [3.8, 4) is 0 Å². The van der Waals surface area contributed by atoms with Crippen molar-refractivity contribution in [3.63, 3.8) is 0 Å². The molecule has 0 aliphatic carbocycles. The van der Waals surface area contributed by atoms with Crippen LogP contribution in [-0.4, -0.2) is 25.7 Å². The molecule has 0 aliphatic rings. The van der Waals surface area contributed by atoms with Gasteiger partial charge in [0.2, 0.25) is 5.91 Å². The van der Waals surface area contributed by atoms with Gasteiger partial charge in [-0.15, -0.1) is 0 Å². The van der Waals surface area contributed by atoms with Crippen molar-refractivity contribution >= 4 is 5.91 Å². The minimum Gasteiger partial charge on any atom is -0.378 e. The number of nitrogens with two attached hydrogens (primary N) is 1. The molecule has 0 bridgehead atoms. The van der Waals surface area contributed by atoms with Crippen LogP contribution < -0.4 is 11.1 Å². The zero-order valence-corrected chi connectivity index (χ0v) is 12.8. The highest BCUT2D eigenvalue weighted by Gasteiger charge is 2.36. The Morgan fingerprint density at radius 2 is 1.90 bits per heavy atom. The number of ether oxygens (including phenoxy) is 1. The lowest BCUT2D eigenvalue weighted by Crippen LogP contribution is -2.52. The molecule has 0 fully saturated rings. The van der Waals surface area contributed by atoms with Gasteiger partial charge in [0.25, 0.3) is 0 Å². The Kier molecular flexibility index (Phi) is 6.17. The van der Waals surface area contributed by atoms with Crippen LogP contribution in [0.25, 0.3) is 0 Å². The van der Waals surface area contributed by atoms with E-state index in [9.17, 15) is 4.79 Å². The second-order valence-electron chi connectivity index (χ2n) is 5.46. The van der Waals surface area contributed by atoms with E-state index < -0.39 is 5.54 Å². The summed E-state index contributed by atoms with van der Waals surface area (Å²) < 4.78 is 5.78. The molecule has 20 heavy (non-hydrogen) atoms. The number of hydrogen-bond donors (Lipinski definition) is 2. The number of likely N-dealkylation sites (N-methyl/N-ethyl adjacent to an activating group) is 1. The Balaban J connectivity index is 2.83. The summed E-state index contributed by atoms with van der Waals surface area (Å²) in [6.45, 7) is 6.75. The molecule has 1 rings (SSSR count). The molecule has 0 radical (unpaired) electrons. The van der Waals surface area contributed by atoms with E-state index in [1.54, 1.807) is 7.05 Å². The molecule has 1 amide bonds. The van der Waals surface area contributed by atoms with E-state index in [1.807, 2.05) is 37.3 Å². The zero-order chi connectivity index (χ0) is 15.2. The van der Waals surface area contributed by atoms with Gasteiger partial charge in [-0.25, -0.2) is 0 Å². The number of hydrogen-bond acceptors (Lipinski definition) is 3. The molecule has 3 N–H and O–H groups in total. The van der Waals surface area contributed by atoms with Crippen molar-refractivity contribution in [2.24, 2.45) is 11.7 Å². The number of rotatable bonds is 8. The standard InChI is InChI=1S/C16H26N2O2/c1-12(2)13(3)20-11-10-16(18-4,15(17)19)14-8-6-5-7-9-14/h5-9,12-13,18H,10-11H2,1-4H3,(H2,17,19). The smallest absolute Gasteiger partial charge is 0.242 e. The van der Waals surface area contributed by atoms with Crippen molar-refractivity contribution in [1.82, 2.24) is 5.32 Å². The molecule has 0 saturated carbocycles. The Labute approximate surface area is 121 Å². The van der Waals surface area contributed by atoms with E-state index >= 15 is 0 Å². The molecule has 0 spiro atoms. The monoisotopic (exact) mass is 278 g/mol. The normalized spacial score (nSPS) is 15.8. The molecule has 2 atom stereocenters. The van der Waals surface area contributed by atoms with E-state index in [0.29, 0.717) is 18.9 Å². The minimum absolute atomic E-state index is 0.160. The van der Waals surface area contributed by atoms with Crippen LogP contribution in [0.2, 0.25) is 0 Å². The van der Waals surface area contributed by atoms with Gasteiger partial charge in [-0.2, -0.15) is 0 Å². The van der Waals surface area contributed by atoms with Crippen LogP contribution in [-0.2, 0) is 15.1 Å². The van der Waals surface area contributed by atoms with Crippen molar-refractivity contribution in [1.29, 1.82) is 0 Å². The second kappa shape index (κ2) is 7.41. The number of amides is 1. The molecule has 1 aromatic rings. The molecular formula is C16H26N2O2. The quantitative estimate of drug-likeness (QED) is 0.765. The predicted octanol–water partition coefficient (Wildman–Crippen LogP) is 2.04. The van der Waals surface area contributed by atoms with Crippen LogP contribution in [0.1, 0.15) is 32.8 Å². The predicted molar refractivity (Wildman–Crippen MR) is 81.2 cm³/mol. The summed E-state index contributed by atoms with van der Waals surface area (Å²) in [5, 5.41) is 3.08. The van der Waals surface area contributed by atoms with Gasteiger partial charge in [0.05, 0.1) is 6.10 Å². The van der Waals surface area contributed by atoms with E-state index in [1.165, 1.54) is 0 Å². The first-order valence-electron chi connectivity index (χ1n) is 7.10. The van der Waals surface area contributed by atoms with Gasteiger partial charge in [-0.05, 0) is 25.5 Å². The fourth-order valence-corrected chi connectivity index (χ4v) is 2.12. The van der Waals surface area contributed by atoms with Gasteiger partial charge in [-0.1, -0.05) is 44.2 Å². The maximum atomic E-state index is 12.0. The average Bonchev–Trinajstić information content (AvgIpc) is 2.44. The summed E-state index contributed by atoms with van der Waals surface area (Å²) in [4.78, 5) is 12.0. The van der Waals surface area contributed by atoms with Gasteiger partial charge < -0.3 is 15.8 Å². The summed E-state index contributed by atoms with van der Waals surface area (Å²) >= 11 is 0. The van der Waals surface area contributed by atoms with Gasteiger partial charge in [-0.3, -0.25) is 4.79 Å². The summed E-state index contributed by atoms with van der Waals surface area (Å²) in [6, 6.07) is 9.55. The molecular weight excluding hydrogens is 252 g/mol. The first-order chi connectivity index (χ1) is 9.44. The minimum atomic E-state index is -0.877. The van der Waals surface area contributed by atoms with Crippen LogP contribution in [0.15, 0.2) is 30.3 Å². The first-order valence-corrected chi connectivity index (χ1v) is 7.10. The third-order valence-electron chi connectivity index (χ3n) is 3.91. The zero-order valence-electron chi connectivity index (χ0n) is 12.8. The van der Waals surface area contributed by atoms with E-state index in [2.05, 4.69) is 19.2 Å². The molecule has 4 heteroatoms. The van der Waals surface area contributed by atoms with Crippen molar-refractivity contribution in [3.05, 3.63) is 35.9 Å². The topological polar surface area (TPSA) is 64.3 Å². The van der Waals surface area contributed by atoms with Crippen LogP contribution in [0.3, 0.4) is 0 Å². The fourth-order valence-electron chi connectivity index (χ4n) is 2.12. The molecule has 0 aromatic heterocycles. The third-order valence-corrected chi connectivity index (χ3v) is 3.91. The van der Waals surface area contributed by atoms with E-state index in [4.69, 9.17) is 10.5 Å². The SMILES string of the molecule is CNC(CCOC(C)C(C)C)(C(N)=O)c1ccccc1. The molecule has 112 valence electrons. The van der Waals surface area contributed by atoms with Crippen LogP contribution in [0, 0.1) is 5.92 Å². The number of benzene rings is 1. The van der Waals surface area contributed by atoms with E-state index in [-0.39, 0.29) is 12.0 Å². The largest absolute Gasteiger partial charge is 0.378 e. The van der Waals surface area contributed by atoms with Gasteiger partial charge in [0, 0.05) is 13.0 Å². The number of primary amides is 1. The molecule has 0 saturated heterocycles. The summed E-state index contributed by atoms with van der Waals surface area (Å²) in [7, 11) is 1.75. The van der Waals surface area contributed by atoms with Crippen molar-refractivity contribution < 1.29 is 9.53 Å². The molecule has 1 aromatic carbocycles. The first kappa shape index (κ1) is 16.7. The Bertz CT molecular complexity index is 420. The summed E-state index contributed by atoms with van der Waals surface area (Å²) in [6.07, 6.45) is 0.674.